The van der Waals surface area contributed by atoms with Crippen LogP contribution in [0.1, 0.15) is 28.9 Å². The van der Waals surface area contributed by atoms with Crippen LogP contribution in [-0.4, -0.2) is 39.5 Å². The van der Waals surface area contributed by atoms with Crippen LogP contribution in [0.3, 0.4) is 0 Å². The van der Waals surface area contributed by atoms with Crippen LogP contribution < -0.4 is 0 Å². The number of ether oxygens (including phenoxy) is 1. The van der Waals surface area contributed by atoms with Crippen molar-refractivity contribution in [2.75, 3.05) is 19.7 Å². The molecule has 1 atom stereocenters. The minimum absolute atomic E-state index is 0.0486. The molecule has 142 valence electrons. The number of nitrogens with zero attached hydrogens (tertiary/aromatic N) is 4. The molecule has 0 saturated carbocycles. The Bertz CT molecular complexity index is 977. The van der Waals surface area contributed by atoms with Gasteiger partial charge in [0.25, 0.3) is 0 Å². The lowest BCUT2D eigenvalue weighted by Crippen LogP contribution is -2.41. The number of hydrogen-bond acceptors (Lipinski definition) is 5. The molecule has 0 radical (unpaired) electrons. The van der Waals surface area contributed by atoms with E-state index in [-0.39, 0.29) is 5.41 Å². The Kier molecular flexibility index (Phi) is 4.41. The van der Waals surface area contributed by atoms with E-state index in [4.69, 9.17) is 14.7 Å². The largest absolute Gasteiger partial charge is 0.376 e. The Morgan fingerprint density at radius 3 is 2.82 bits per heavy atom. The van der Waals surface area contributed by atoms with Crippen LogP contribution >= 0.6 is 0 Å². The van der Waals surface area contributed by atoms with Crippen molar-refractivity contribution in [2.24, 2.45) is 0 Å². The molecule has 5 heteroatoms. The van der Waals surface area contributed by atoms with Gasteiger partial charge in [-0.15, -0.1) is 0 Å². The molecule has 28 heavy (non-hydrogen) atoms. The Morgan fingerprint density at radius 2 is 2.00 bits per heavy atom. The third-order valence-corrected chi connectivity index (χ3v) is 5.93. The van der Waals surface area contributed by atoms with Crippen molar-refractivity contribution < 1.29 is 4.74 Å². The number of pyridine rings is 1. The maximum Gasteiger partial charge on any atom is 0.159 e. The molecule has 4 heterocycles. The van der Waals surface area contributed by atoms with Gasteiger partial charge in [-0.05, 0) is 31.5 Å². The van der Waals surface area contributed by atoms with Crippen molar-refractivity contribution >= 4 is 0 Å². The highest BCUT2D eigenvalue weighted by atomic mass is 16.5. The molecule has 1 fully saturated rings. The van der Waals surface area contributed by atoms with Crippen molar-refractivity contribution in [3.05, 3.63) is 77.4 Å². The van der Waals surface area contributed by atoms with E-state index in [2.05, 4.69) is 35.0 Å². The minimum Gasteiger partial charge on any atom is -0.376 e. The summed E-state index contributed by atoms with van der Waals surface area (Å²) in [6.07, 6.45) is 4.84. The van der Waals surface area contributed by atoms with Gasteiger partial charge in [0.15, 0.2) is 5.82 Å². The van der Waals surface area contributed by atoms with Crippen molar-refractivity contribution in [1.82, 2.24) is 19.9 Å². The number of aromatic nitrogens is 3. The van der Waals surface area contributed by atoms with E-state index in [0.29, 0.717) is 6.61 Å². The Hall–Kier alpha value is -2.63. The Morgan fingerprint density at radius 1 is 1.11 bits per heavy atom. The standard InChI is InChI=1S/C23H24N4O/c1-17-20-14-28-16-23(9-11-27(15-23)13-18-6-5-10-24-12-18)21(20)26-22(25-17)19-7-3-2-4-8-19/h2-8,10,12H,9,11,13-16H2,1H3/t23-/m1/s1. The average molecular weight is 372 g/mol. The van der Waals surface area contributed by atoms with Gasteiger partial charge in [0, 0.05) is 42.3 Å². The zero-order valence-corrected chi connectivity index (χ0v) is 16.1. The summed E-state index contributed by atoms with van der Waals surface area (Å²) in [5.74, 6) is 0.823. The van der Waals surface area contributed by atoms with Gasteiger partial charge in [-0.3, -0.25) is 9.88 Å². The molecule has 0 aliphatic carbocycles. The second-order valence-corrected chi connectivity index (χ2v) is 7.92. The van der Waals surface area contributed by atoms with Crippen molar-refractivity contribution in [2.45, 2.75) is 31.9 Å². The smallest absolute Gasteiger partial charge is 0.159 e. The van der Waals surface area contributed by atoms with E-state index >= 15 is 0 Å². The molecule has 3 aromatic rings. The second kappa shape index (κ2) is 7.08. The molecule has 1 spiro atoms. The topological polar surface area (TPSA) is 51.1 Å². The van der Waals surface area contributed by atoms with E-state index < -0.39 is 0 Å². The molecule has 0 N–H and O–H groups in total. The SMILES string of the molecule is Cc1nc(-c2ccccc2)nc2c1COC[C@]21CCN(Cc2cccnc2)C1. The normalized spacial score (nSPS) is 21.8. The lowest BCUT2D eigenvalue weighted by Gasteiger charge is -2.35. The highest BCUT2D eigenvalue weighted by molar-refractivity contribution is 5.56. The zero-order chi connectivity index (χ0) is 19.0. The average Bonchev–Trinajstić information content (AvgIpc) is 3.13. The number of rotatable bonds is 3. The van der Waals surface area contributed by atoms with Gasteiger partial charge in [0.2, 0.25) is 0 Å². The summed E-state index contributed by atoms with van der Waals surface area (Å²) in [6.45, 7) is 6.34. The lowest BCUT2D eigenvalue weighted by atomic mass is 9.80. The fourth-order valence-electron chi connectivity index (χ4n) is 4.49. The lowest BCUT2D eigenvalue weighted by molar-refractivity contribution is 0.0498. The van der Waals surface area contributed by atoms with Crippen LogP contribution in [0, 0.1) is 6.92 Å². The molecular weight excluding hydrogens is 348 g/mol. The van der Waals surface area contributed by atoms with Gasteiger partial charge in [0.05, 0.1) is 24.3 Å². The number of fused-ring (bicyclic) bond motifs is 2. The molecule has 0 unspecified atom stereocenters. The molecule has 5 rings (SSSR count). The number of likely N-dealkylation sites (tertiary alicyclic amines) is 1. The molecule has 2 aromatic heterocycles. The highest BCUT2D eigenvalue weighted by Crippen LogP contribution is 2.40. The quantitative estimate of drug-likeness (QED) is 0.704. The first-order chi connectivity index (χ1) is 13.7. The number of benzene rings is 1. The fraction of sp³-hybridized carbons (Fsp3) is 0.348. The van der Waals surface area contributed by atoms with Crippen LogP contribution in [0.4, 0.5) is 0 Å². The van der Waals surface area contributed by atoms with Crippen LogP contribution in [-0.2, 0) is 23.3 Å². The summed E-state index contributed by atoms with van der Waals surface area (Å²) in [5.41, 5.74) is 5.68. The van der Waals surface area contributed by atoms with Crippen LogP contribution in [0.2, 0.25) is 0 Å². The summed E-state index contributed by atoms with van der Waals surface area (Å²) in [7, 11) is 0. The van der Waals surface area contributed by atoms with E-state index in [1.165, 1.54) is 16.8 Å². The first-order valence-corrected chi connectivity index (χ1v) is 9.86. The first-order valence-electron chi connectivity index (χ1n) is 9.86. The summed E-state index contributed by atoms with van der Waals surface area (Å²) >= 11 is 0. The van der Waals surface area contributed by atoms with E-state index in [9.17, 15) is 0 Å². The minimum atomic E-state index is -0.0486. The van der Waals surface area contributed by atoms with Crippen molar-refractivity contribution in [1.29, 1.82) is 0 Å². The van der Waals surface area contributed by atoms with Crippen LogP contribution in [0.5, 0.6) is 0 Å². The first kappa shape index (κ1) is 17.5. The maximum atomic E-state index is 6.04. The summed E-state index contributed by atoms with van der Waals surface area (Å²) < 4.78 is 6.04. The predicted octanol–water partition coefficient (Wildman–Crippen LogP) is 3.52. The van der Waals surface area contributed by atoms with Crippen molar-refractivity contribution in [3.63, 3.8) is 0 Å². The second-order valence-electron chi connectivity index (χ2n) is 7.92. The van der Waals surface area contributed by atoms with Gasteiger partial charge in [-0.1, -0.05) is 36.4 Å². The van der Waals surface area contributed by atoms with Crippen LogP contribution in [0.15, 0.2) is 54.9 Å². The third-order valence-electron chi connectivity index (χ3n) is 5.93. The molecular formula is C23H24N4O. The number of aryl methyl sites for hydroxylation is 1. The monoisotopic (exact) mass is 372 g/mol. The molecule has 2 aliphatic rings. The molecule has 1 saturated heterocycles. The van der Waals surface area contributed by atoms with Crippen LogP contribution in [0.25, 0.3) is 11.4 Å². The predicted molar refractivity (Wildman–Crippen MR) is 108 cm³/mol. The summed E-state index contributed by atoms with van der Waals surface area (Å²) in [4.78, 5) is 16.6. The molecule has 1 aromatic carbocycles. The summed E-state index contributed by atoms with van der Waals surface area (Å²) in [6, 6.07) is 14.4. The van der Waals surface area contributed by atoms with Gasteiger partial charge >= 0.3 is 0 Å². The fourth-order valence-corrected chi connectivity index (χ4v) is 4.49. The number of hydrogen-bond donors (Lipinski definition) is 0. The van der Waals surface area contributed by atoms with Gasteiger partial charge in [-0.25, -0.2) is 9.97 Å². The third kappa shape index (κ3) is 3.11. The van der Waals surface area contributed by atoms with E-state index in [0.717, 1.165) is 49.7 Å². The van der Waals surface area contributed by atoms with E-state index in [1.54, 1.807) is 0 Å². The van der Waals surface area contributed by atoms with Gasteiger partial charge in [-0.2, -0.15) is 0 Å². The summed E-state index contributed by atoms with van der Waals surface area (Å²) in [5, 5.41) is 0. The molecule has 0 amide bonds. The van der Waals surface area contributed by atoms with Gasteiger partial charge < -0.3 is 4.74 Å². The molecule has 2 aliphatic heterocycles. The Labute approximate surface area is 165 Å². The van der Waals surface area contributed by atoms with E-state index in [1.807, 2.05) is 36.7 Å². The Balaban J connectivity index is 1.49. The maximum absolute atomic E-state index is 6.04. The highest BCUT2D eigenvalue weighted by Gasteiger charge is 2.45. The molecule has 5 nitrogen and oxygen atoms in total. The van der Waals surface area contributed by atoms with Crippen molar-refractivity contribution in [3.8, 4) is 11.4 Å². The van der Waals surface area contributed by atoms with Gasteiger partial charge in [0.1, 0.15) is 0 Å². The molecule has 0 bridgehead atoms. The zero-order valence-electron chi connectivity index (χ0n) is 16.1.